The number of pyridine rings is 1. The molecule has 1 aliphatic carbocycles. The summed E-state index contributed by atoms with van der Waals surface area (Å²) in [6.45, 7) is 0. The van der Waals surface area contributed by atoms with Crippen molar-refractivity contribution in [1.29, 1.82) is 0 Å². The first-order chi connectivity index (χ1) is 7.46. The van der Waals surface area contributed by atoms with Gasteiger partial charge in [-0.3, -0.25) is 10.1 Å². The molecule has 5 nitrogen and oxygen atoms in total. The van der Waals surface area contributed by atoms with Gasteiger partial charge in [0.1, 0.15) is 12.3 Å². The third-order valence-electron chi connectivity index (χ3n) is 2.27. The molecule has 1 aromatic heterocycles. The van der Waals surface area contributed by atoms with Crippen molar-refractivity contribution in [2.45, 2.75) is 24.9 Å². The summed E-state index contributed by atoms with van der Waals surface area (Å²) >= 11 is 0. The molecule has 0 aliphatic heterocycles. The van der Waals surface area contributed by atoms with E-state index in [1.807, 2.05) is 0 Å². The van der Waals surface area contributed by atoms with Crippen LogP contribution in [0.4, 0.5) is 14.5 Å². The molecule has 86 valence electrons. The minimum Gasteiger partial charge on any atom is -0.474 e. The van der Waals surface area contributed by atoms with E-state index in [-0.39, 0.29) is 24.4 Å². The summed E-state index contributed by atoms with van der Waals surface area (Å²) in [6.07, 6.45) is -0.173. The predicted octanol–water partition coefficient (Wildman–Crippen LogP) is 2.17. The monoisotopic (exact) mass is 230 g/mol. The lowest BCUT2D eigenvalue weighted by Crippen LogP contribution is -2.43. The zero-order valence-corrected chi connectivity index (χ0v) is 8.10. The van der Waals surface area contributed by atoms with E-state index in [9.17, 15) is 18.9 Å². The van der Waals surface area contributed by atoms with Gasteiger partial charge in [0, 0.05) is 25.0 Å². The van der Waals surface area contributed by atoms with Gasteiger partial charge in [0.15, 0.2) is 0 Å². The van der Waals surface area contributed by atoms with Gasteiger partial charge < -0.3 is 4.74 Å². The van der Waals surface area contributed by atoms with Crippen LogP contribution in [0.2, 0.25) is 0 Å². The molecule has 0 radical (unpaired) electrons. The Morgan fingerprint density at radius 2 is 2.19 bits per heavy atom. The number of rotatable bonds is 3. The van der Waals surface area contributed by atoms with Crippen LogP contribution < -0.4 is 4.74 Å². The van der Waals surface area contributed by atoms with Crippen molar-refractivity contribution in [3.63, 3.8) is 0 Å². The molecule has 1 fully saturated rings. The van der Waals surface area contributed by atoms with Gasteiger partial charge in [-0.05, 0) is 0 Å². The molecule has 0 spiro atoms. The minimum absolute atomic E-state index is 0.131. The topological polar surface area (TPSA) is 65.3 Å². The maximum Gasteiger partial charge on any atom is 0.287 e. The highest BCUT2D eigenvalue weighted by Gasteiger charge is 2.47. The molecule has 0 aromatic carbocycles. The first-order valence-electron chi connectivity index (χ1n) is 4.61. The molecule has 1 saturated carbocycles. The van der Waals surface area contributed by atoms with E-state index >= 15 is 0 Å². The number of nitro groups is 1. The Labute approximate surface area is 89.2 Å². The summed E-state index contributed by atoms with van der Waals surface area (Å²) in [5, 5.41) is 10.3. The molecule has 0 bridgehead atoms. The molecule has 0 unspecified atom stereocenters. The lowest BCUT2D eigenvalue weighted by Gasteiger charge is -2.34. The highest BCUT2D eigenvalue weighted by molar-refractivity contribution is 5.29. The molecule has 1 aromatic rings. The maximum atomic E-state index is 12.5. The fourth-order valence-electron chi connectivity index (χ4n) is 1.41. The number of halogens is 2. The predicted molar refractivity (Wildman–Crippen MR) is 49.5 cm³/mol. The first-order valence-corrected chi connectivity index (χ1v) is 4.61. The highest BCUT2D eigenvalue weighted by Crippen LogP contribution is 2.39. The lowest BCUT2D eigenvalue weighted by molar-refractivity contribution is -0.385. The molecule has 0 amide bonds. The van der Waals surface area contributed by atoms with Crippen LogP contribution >= 0.6 is 0 Å². The van der Waals surface area contributed by atoms with Crippen molar-refractivity contribution >= 4 is 5.69 Å². The van der Waals surface area contributed by atoms with Crippen LogP contribution in [-0.2, 0) is 0 Å². The Morgan fingerprint density at radius 3 is 2.62 bits per heavy atom. The standard InChI is InChI=1S/C9H8F2N2O3/c10-9(11)3-7(4-9)16-8-2-1-6(5-12-8)13(14)15/h1-2,5,7H,3-4H2. The third-order valence-corrected chi connectivity index (χ3v) is 2.27. The summed E-state index contributed by atoms with van der Waals surface area (Å²) in [5.41, 5.74) is -0.161. The Hall–Kier alpha value is -1.79. The van der Waals surface area contributed by atoms with Crippen LogP contribution in [0.1, 0.15) is 12.8 Å². The van der Waals surface area contributed by atoms with Crippen LogP contribution in [-0.4, -0.2) is 21.9 Å². The van der Waals surface area contributed by atoms with E-state index in [4.69, 9.17) is 4.74 Å². The maximum absolute atomic E-state index is 12.5. The molecule has 7 heteroatoms. The quantitative estimate of drug-likeness (QED) is 0.589. The molecule has 1 heterocycles. The summed E-state index contributed by atoms with van der Waals surface area (Å²) < 4.78 is 30.0. The van der Waals surface area contributed by atoms with E-state index in [1.54, 1.807) is 0 Å². The number of alkyl halides is 2. The normalized spacial score (nSPS) is 18.9. The fourth-order valence-corrected chi connectivity index (χ4v) is 1.41. The van der Waals surface area contributed by atoms with E-state index in [2.05, 4.69) is 4.98 Å². The van der Waals surface area contributed by atoms with E-state index < -0.39 is 16.9 Å². The fraction of sp³-hybridized carbons (Fsp3) is 0.444. The van der Waals surface area contributed by atoms with Gasteiger partial charge in [-0.15, -0.1) is 0 Å². The Bertz CT molecular complexity index is 400. The molecule has 1 aliphatic rings. The highest BCUT2D eigenvalue weighted by atomic mass is 19.3. The van der Waals surface area contributed by atoms with Gasteiger partial charge in [0.05, 0.1) is 4.92 Å². The zero-order valence-electron chi connectivity index (χ0n) is 8.10. The number of ether oxygens (including phenoxy) is 1. The second-order valence-corrected chi connectivity index (χ2v) is 3.62. The summed E-state index contributed by atoms with van der Waals surface area (Å²) in [7, 11) is 0. The van der Waals surface area contributed by atoms with Gasteiger partial charge in [-0.1, -0.05) is 0 Å². The van der Waals surface area contributed by atoms with E-state index in [0.29, 0.717) is 0 Å². The molecule has 0 saturated heterocycles. The van der Waals surface area contributed by atoms with Crippen LogP contribution in [0.15, 0.2) is 18.3 Å². The minimum atomic E-state index is -2.65. The van der Waals surface area contributed by atoms with Crippen LogP contribution in [0.25, 0.3) is 0 Å². The van der Waals surface area contributed by atoms with Crippen LogP contribution in [0, 0.1) is 10.1 Å². The van der Waals surface area contributed by atoms with Gasteiger partial charge in [0.2, 0.25) is 5.88 Å². The van der Waals surface area contributed by atoms with Gasteiger partial charge in [0.25, 0.3) is 11.6 Å². The first kappa shape index (κ1) is 10.7. The smallest absolute Gasteiger partial charge is 0.287 e. The molecule has 16 heavy (non-hydrogen) atoms. The van der Waals surface area contributed by atoms with Crippen molar-refractivity contribution < 1.29 is 18.4 Å². The van der Waals surface area contributed by atoms with Gasteiger partial charge in [-0.25, -0.2) is 13.8 Å². The van der Waals surface area contributed by atoms with Gasteiger partial charge >= 0.3 is 0 Å². The molecular formula is C9H8F2N2O3. The molecule has 2 rings (SSSR count). The number of hydrogen-bond donors (Lipinski definition) is 0. The molecule has 0 N–H and O–H groups in total. The summed E-state index contributed by atoms with van der Waals surface area (Å²) in [4.78, 5) is 13.4. The molecule has 0 atom stereocenters. The summed E-state index contributed by atoms with van der Waals surface area (Å²) in [6, 6.07) is 2.52. The SMILES string of the molecule is O=[N+]([O-])c1ccc(OC2CC(F)(F)C2)nc1. The average molecular weight is 230 g/mol. The number of nitrogens with zero attached hydrogens (tertiary/aromatic N) is 2. The average Bonchev–Trinajstić information content (AvgIpc) is 2.15. The van der Waals surface area contributed by atoms with Crippen molar-refractivity contribution in [2.24, 2.45) is 0 Å². The number of aromatic nitrogens is 1. The lowest BCUT2D eigenvalue weighted by atomic mass is 9.91. The van der Waals surface area contributed by atoms with Crippen molar-refractivity contribution in [3.8, 4) is 5.88 Å². The Kier molecular flexibility index (Phi) is 2.45. The Morgan fingerprint density at radius 1 is 1.50 bits per heavy atom. The van der Waals surface area contributed by atoms with Crippen LogP contribution in [0.3, 0.4) is 0 Å². The van der Waals surface area contributed by atoms with Crippen LogP contribution in [0.5, 0.6) is 5.88 Å². The largest absolute Gasteiger partial charge is 0.474 e. The second-order valence-electron chi connectivity index (χ2n) is 3.62. The van der Waals surface area contributed by atoms with Crippen molar-refractivity contribution in [1.82, 2.24) is 4.98 Å². The van der Waals surface area contributed by atoms with E-state index in [0.717, 1.165) is 6.20 Å². The van der Waals surface area contributed by atoms with Gasteiger partial charge in [-0.2, -0.15) is 0 Å². The van der Waals surface area contributed by atoms with Crippen molar-refractivity contribution in [3.05, 3.63) is 28.4 Å². The summed E-state index contributed by atoms with van der Waals surface area (Å²) in [5.74, 6) is -2.52. The third kappa shape index (κ3) is 2.23. The van der Waals surface area contributed by atoms with E-state index in [1.165, 1.54) is 12.1 Å². The zero-order chi connectivity index (χ0) is 11.8. The second kappa shape index (κ2) is 3.66. The number of hydrogen-bond acceptors (Lipinski definition) is 4. The van der Waals surface area contributed by atoms with Crippen molar-refractivity contribution in [2.75, 3.05) is 0 Å². The molecular weight excluding hydrogens is 222 g/mol. The Balaban J connectivity index is 1.94.